The van der Waals surface area contributed by atoms with Crippen LogP contribution in [0.15, 0.2) is 48.5 Å². The van der Waals surface area contributed by atoms with E-state index in [9.17, 15) is 63.2 Å². The van der Waals surface area contributed by atoms with Crippen molar-refractivity contribution in [2.75, 3.05) is 0 Å². The number of alkyl halides is 12. The summed E-state index contributed by atoms with van der Waals surface area (Å²) in [6.07, 6.45) is -21.0. The molecule has 0 aliphatic rings. The van der Waals surface area contributed by atoms with E-state index in [1.165, 1.54) is 12.1 Å². The summed E-state index contributed by atoms with van der Waals surface area (Å²) in [6, 6.07) is 4.95. The molecule has 38 heavy (non-hydrogen) atoms. The van der Waals surface area contributed by atoms with E-state index in [2.05, 4.69) is 0 Å². The van der Waals surface area contributed by atoms with Gasteiger partial charge in [-0.2, -0.15) is 63.2 Å². The predicted molar refractivity (Wildman–Crippen MR) is 107 cm³/mol. The topological polar surface area (TPSA) is 47.6 Å². The molecular formula is C24H8F12N2. The van der Waals surface area contributed by atoms with Gasteiger partial charge in [-0.1, -0.05) is 12.1 Å². The Labute approximate surface area is 205 Å². The lowest BCUT2D eigenvalue weighted by Crippen LogP contribution is -2.11. The minimum atomic E-state index is -5.26. The smallest absolute Gasteiger partial charge is 0.192 e. The molecule has 0 amide bonds. The number of nitrogens with zero attached hydrogens (tertiary/aromatic N) is 2. The Balaban J connectivity index is 2.37. The van der Waals surface area contributed by atoms with Crippen molar-refractivity contribution in [2.24, 2.45) is 0 Å². The third-order valence-corrected chi connectivity index (χ3v) is 5.23. The Morgan fingerprint density at radius 3 is 0.842 bits per heavy atom. The van der Waals surface area contributed by atoms with Gasteiger partial charge in [0.2, 0.25) is 0 Å². The van der Waals surface area contributed by atoms with Crippen LogP contribution in [0.5, 0.6) is 0 Å². The third kappa shape index (κ3) is 5.69. The van der Waals surface area contributed by atoms with Gasteiger partial charge in [0, 0.05) is 11.1 Å². The van der Waals surface area contributed by atoms with Crippen LogP contribution in [0, 0.1) is 22.7 Å². The molecule has 198 valence electrons. The van der Waals surface area contributed by atoms with Gasteiger partial charge in [-0.15, -0.1) is 0 Å². The van der Waals surface area contributed by atoms with Crippen LogP contribution in [-0.4, -0.2) is 0 Å². The van der Waals surface area contributed by atoms with Gasteiger partial charge in [-0.25, -0.2) is 0 Å². The average Bonchev–Trinajstić information content (AvgIpc) is 2.80. The summed E-state index contributed by atoms with van der Waals surface area (Å²) in [6.45, 7) is 0. The van der Waals surface area contributed by atoms with Crippen LogP contribution in [0.1, 0.15) is 33.4 Å². The lowest BCUT2D eigenvalue weighted by molar-refractivity contribution is -0.144. The summed E-state index contributed by atoms with van der Waals surface area (Å²) in [7, 11) is 0. The van der Waals surface area contributed by atoms with Gasteiger partial charge < -0.3 is 0 Å². The first kappa shape index (κ1) is 28.4. The van der Waals surface area contributed by atoms with Crippen molar-refractivity contribution < 1.29 is 52.7 Å². The number of nitriles is 2. The molecule has 0 bridgehead atoms. The summed E-state index contributed by atoms with van der Waals surface area (Å²) in [5.74, 6) is 0. The fraction of sp³-hybridized carbons (Fsp3) is 0.167. The Morgan fingerprint density at radius 2 is 0.658 bits per heavy atom. The van der Waals surface area contributed by atoms with Crippen molar-refractivity contribution in [3.8, 4) is 34.4 Å². The fourth-order valence-electron chi connectivity index (χ4n) is 3.54. The minimum absolute atomic E-state index is 0.184. The average molecular weight is 552 g/mol. The molecule has 0 saturated heterocycles. The van der Waals surface area contributed by atoms with Gasteiger partial charge in [-0.05, 0) is 47.5 Å². The van der Waals surface area contributed by atoms with Crippen LogP contribution < -0.4 is 0 Å². The Bertz CT molecular complexity index is 1300. The van der Waals surface area contributed by atoms with Crippen molar-refractivity contribution in [3.05, 3.63) is 81.9 Å². The van der Waals surface area contributed by atoms with E-state index in [1.807, 2.05) is 0 Å². The van der Waals surface area contributed by atoms with E-state index in [4.69, 9.17) is 0 Å². The number of rotatable bonds is 2. The van der Waals surface area contributed by atoms with E-state index in [-0.39, 0.29) is 36.4 Å². The Kier molecular flexibility index (Phi) is 6.93. The maximum Gasteiger partial charge on any atom is 0.416 e. The molecule has 3 aromatic rings. The molecule has 3 aromatic carbocycles. The number of hydrogen-bond acceptors (Lipinski definition) is 2. The van der Waals surface area contributed by atoms with E-state index < -0.39 is 80.3 Å². The quantitative estimate of drug-likeness (QED) is 0.298. The first-order valence-electron chi connectivity index (χ1n) is 9.84. The van der Waals surface area contributed by atoms with Gasteiger partial charge in [0.05, 0.1) is 33.4 Å². The van der Waals surface area contributed by atoms with E-state index in [0.717, 1.165) is 12.1 Å². The standard InChI is InChI=1S/C24H8F12N2/c25-21(26,27)13-3-11(4-14(7-13)22(28,29)30)17-1-2-18(20(10-38)19(17)9-37)12-5-15(23(31,32)33)8-16(6-12)24(34,35)36/h1-8H. The lowest BCUT2D eigenvalue weighted by atomic mass is 9.88. The summed E-state index contributed by atoms with van der Waals surface area (Å²) >= 11 is 0. The molecule has 0 saturated carbocycles. The van der Waals surface area contributed by atoms with Crippen molar-refractivity contribution >= 4 is 0 Å². The van der Waals surface area contributed by atoms with Crippen LogP contribution in [0.25, 0.3) is 22.3 Å². The van der Waals surface area contributed by atoms with Crippen molar-refractivity contribution in [3.63, 3.8) is 0 Å². The molecule has 0 unspecified atom stereocenters. The molecular weight excluding hydrogens is 544 g/mol. The summed E-state index contributed by atoms with van der Waals surface area (Å²) < 4.78 is 159. The van der Waals surface area contributed by atoms with Gasteiger partial charge in [-0.3, -0.25) is 0 Å². The maximum atomic E-state index is 13.3. The number of benzene rings is 3. The van der Waals surface area contributed by atoms with Crippen LogP contribution in [0.4, 0.5) is 52.7 Å². The van der Waals surface area contributed by atoms with E-state index >= 15 is 0 Å². The van der Waals surface area contributed by atoms with Crippen molar-refractivity contribution in [2.45, 2.75) is 24.7 Å². The maximum absolute atomic E-state index is 13.3. The first-order valence-corrected chi connectivity index (χ1v) is 9.84. The molecule has 2 nitrogen and oxygen atoms in total. The molecule has 0 aliphatic heterocycles. The molecule has 0 N–H and O–H groups in total. The monoisotopic (exact) mass is 552 g/mol. The van der Waals surface area contributed by atoms with Gasteiger partial charge in [0.25, 0.3) is 0 Å². The largest absolute Gasteiger partial charge is 0.416 e. The van der Waals surface area contributed by atoms with Gasteiger partial charge >= 0.3 is 24.7 Å². The summed E-state index contributed by atoms with van der Waals surface area (Å²) in [4.78, 5) is 0. The van der Waals surface area contributed by atoms with E-state index in [0.29, 0.717) is 0 Å². The molecule has 0 aromatic heterocycles. The normalized spacial score (nSPS) is 12.7. The predicted octanol–water partition coefficient (Wildman–Crippen LogP) is 8.84. The first-order chi connectivity index (χ1) is 17.3. The molecule has 0 atom stereocenters. The highest BCUT2D eigenvalue weighted by molar-refractivity contribution is 5.83. The lowest BCUT2D eigenvalue weighted by Gasteiger charge is -2.17. The minimum Gasteiger partial charge on any atom is -0.192 e. The summed E-state index contributed by atoms with van der Waals surface area (Å²) in [5, 5.41) is 19.2. The van der Waals surface area contributed by atoms with Crippen LogP contribution >= 0.6 is 0 Å². The van der Waals surface area contributed by atoms with Gasteiger partial charge in [0.15, 0.2) is 0 Å². The molecule has 0 aliphatic carbocycles. The van der Waals surface area contributed by atoms with Crippen LogP contribution in [0.3, 0.4) is 0 Å². The zero-order valence-electron chi connectivity index (χ0n) is 18.0. The number of halogens is 12. The molecule has 0 radical (unpaired) electrons. The summed E-state index contributed by atoms with van der Waals surface area (Å²) in [5.41, 5.74) is -11.6. The highest BCUT2D eigenvalue weighted by Crippen LogP contribution is 2.43. The second kappa shape index (κ2) is 9.28. The highest BCUT2D eigenvalue weighted by atomic mass is 19.4. The Hall–Kier alpha value is -4.20. The van der Waals surface area contributed by atoms with Crippen LogP contribution in [-0.2, 0) is 24.7 Å². The fourth-order valence-corrected chi connectivity index (χ4v) is 3.54. The van der Waals surface area contributed by atoms with Gasteiger partial charge in [0.1, 0.15) is 12.1 Å². The number of hydrogen-bond donors (Lipinski definition) is 0. The molecule has 14 heteroatoms. The van der Waals surface area contributed by atoms with E-state index in [1.54, 1.807) is 0 Å². The SMILES string of the molecule is N#Cc1c(-c2cc(C(F)(F)F)cc(C(F)(F)F)c2)ccc(-c2cc(C(F)(F)F)cc(C(F)(F)F)c2)c1C#N. The second-order valence-electron chi connectivity index (χ2n) is 7.72. The molecule has 3 rings (SSSR count). The molecule has 0 spiro atoms. The van der Waals surface area contributed by atoms with Crippen molar-refractivity contribution in [1.82, 2.24) is 0 Å². The zero-order valence-corrected chi connectivity index (χ0v) is 18.0. The van der Waals surface area contributed by atoms with Crippen LogP contribution in [0.2, 0.25) is 0 Å². The molecule has 0 heterocycles. The Morgan fingerprint density at radius 1 is 0.421 bits per heavy atom. The molecule has 0 fully saturated rings. The second-order valence-corrected chi connectivity index (χ2v) is 7.72. The zero-order chi connectivity index (χ0) is 28.8. The van der Waals surface area contributed by atoms with Crippen molar-refractivity contribution in [1.29, 1.82) is 10.5 Å². The highest BCUT2D eigenvalue weighted by Gasteiger charge is 2.39. The third-order valence-electron chi connectivity index (χ3n) is 5.23.